The highest BCUT2D eigenvalue weighted by Gasteiger charge is 2.13. The Balaban J connectivity index is 2.16. The molecule has 6 heteroatoms. The first-order chi connectivity index (χ1) is 9.62. The van der Waals surface area contributed by atoms with Gasteiger partial charge in [-0.3, -0.25) is 4.68 Å². The van der Waals surface area contributed by atoms with Crippen LogP contribution in [-0.4, -0.2) is 19.7 Å². The highest BCUT2D eigenvalue weighted by molar-refractivity contribution is 9.10. The molecule has 1 aromatic carbocycles. The molecule has 0 fully saturated rings. The topological polar surface area (TPSA) is 46.5 Å². The number of imidazole rings is 1. The number of benzene rings is 1. The number of fused-ring (bicyclic) bond motifs is 1. The molecule has 0 saturated heterocycles. The number of aryl methyl sites for hydroxylation is 2. The van der Waals surface area contributed by atoms with Gasteiger partial charge in [-0.2, -0.15) is 5.10 Å². The van der Waals surface area contributed by atoms with Crippen LogP contribution in [0, 0.1) is 5.82 Å². The number of hydrogen-bond acceptors (Lipinski definition) is 2. The monoisotopic (exact) mass is 336 g/mol. The molecule has 0 unspecified atom stereocenters. The van der Waals surface area contributed by atoms with Gasteiger partial charge in [0.25, 0.3) is 0 Å². The summed E-state index contributed by atoms with van der Waals surface area (Å²) < 4.78 is 15.9. The molecular formula is C14H14BrFN4. The smallest absolute Gasteiger partial charge is 0.156 e. The van der Waals surface area contributed by atoms with E-state index < -0.39 is 0 Å². The minimum absolute atomic E-state index is 0.300. The summed E-state index contributed by atoms with van der Waals surface area (Å²) in [6.45, 7) is 4.87. The lowest BCUT2D eigenvalue weighted by atomic mass is 10.3. The van der Waals surface area contributed by atoms with Crippen molar-refractivity contribution in [3.8, 4) is 11.5 Å². The van der Waals surface area contributed by atoms with Crippen LogP contribution in [0.4, 0.5) is 4.39 Å². The molecule has 0 bridgehead atoms. The first-order valence-corrected chi connectivity index (χ1v) is 7.33. The predicted molar refractivity (Wildman–Crippen MR) is 80.0 cm³/mol. The highest BCUT2D eigenvalue weighted by atomic mass is 79.9. The molecule has 3 rings (SSSR count). The Morgan fingerprint density at radius 1 is 1.30 bits per heavy atom. The van der Waals surface area contributed by atoms with E-state index in [2.05, 4.69) is 37.9 Å². The number of nitrogens with zero attached hydrogens (tertiary/aromatic N) is 3. The van der Waals surface area contributed by atoms with E-state index in [4.69, 9.17) is 0 Å². The Morgan fingerprint density at radius 2 is 2.10 bits per heavy atom. The van der Waals surface area contributed by atoms with Crippen LogP contribution in [0.3, 0.4) is 0 Å². The maximum Gasteiger partial charge on any atom is 0.156 e. The maximum absolute atomic E-state index is 13.6. The summed E-state index contributed by atoms with van der Waals surface area (Å²) in [7, 11) is 0. The average molecular weight is 337 g/mol. The van der Waals surface area contributed by atoms with Gasteiger partial charge in [0.1, 0.15) is 11.5 Å². The maximum atomic E-state index is 13.6. The molecule has 3 aromatic rings. The number of halogens is 2. The lowest BCUT2D eigenvalue weighted by molar-refractivity contribution is 0.623. The van der Waals surface area contributed by atoms with Crippen molar-refractivity contribution >= 4 is 27.0 Å². The SMILES string of the molecule is CCc1cc(-c2nc3cc(Br)c(F)cc3[nH]2)n(CC)n1. The largest absolute Gasteiger partial charge is 0.337 e. The van der Waals surface area contributed by atoms with Gasteiger partial charge < -0.3 is 4.98 Å². The molecule has 1 N–H and O–H groups in total. The van der Waals surface area contributed by atoms with Gasteiger partial charge in [-0.15, -0.1) is 0 Å². The van der Waals surface area contributed by atoms with E-state index in [1.807, 2.05) is 17.7 Å². The van der Waals surface area contributed by atoms with Crippen molar-refractivity contribution in [2.24, 2.45) is 0 Å². The van der Waals surface area contributed by atoms with E-state index >= 15 is 0 Å². The first-order valence-electron chi connectivity index (χ1n) is 6.54. The second kappa shape index (κ2) is 5.01. The molecule has 104 valence electrons. The zero-order chi connectivity index (χ0) is 14.3. The molecule has 4 nitrogen and oxygen atoms in total. The van der Waals surface area contributed by atoms with Gasteiger partial charge in [0.2, 0.25) is 0 Å². The predicted octanol–water partition coefficient (Wildman–Crippen LogP) is 3.91. The third kappa shape index (κ3) is 2.14. The van der Waals surface area contributed by atoms with Gasteiger partial charge in [-0.25, -0.2) is 9.37 Å². The molecule has 2 heterocycles. The summed E-state index contributed by atoms with van der Waals surface area (Å²) in [6.07, 6.45) is 0.875. The zero-order valence-corrected chi connectivity index (χ0v) is 12.8. The summed E-state index contributed by atoms with van der Waals surface area (Å²) >= 11 is 3.18. The minimum atomic E-state index is -0.300. The molecule has 0 aliphatic carbocycles. The van der Waals surface area contributed by atoms with Gasteiger partial charge >= 0.3 is 0 Å². The summed E-state index contributed by atoms with van der Waals surface area (Å²) in [5.74, 6) is 0.414. The number of hydrogen-bond donors (Lipinski definition) is 1. The molecule has 0 aliphatic rings. The molecule has 0 amide bonds. The van der Waals surface area contributed by atoms with Crippen molar-refractivity contribution in [2.75, 3.05) is 0 Å². The fourth-order valence-corrected chi connectivity index (χ4v) is 2.53. The van der Waals surface area contributed by atoms with E-state index in [0.29, 0.717) is 15.8 Å². The second-order valence-corrected chi connectivity index (χ2v) is 5.41. The van der Waals surface area contributed by atoms with Crippen LogP contribution in [-0.2, 0) is 13.0 Å². The van der Waals surface area contributed by atoms with Crippen LogP contribution in [0.5, 0.6) is 0 Å². The Bertz CT molecular complexity index is 736. The fraction of sp³-hybridized carbons (Fsp3) is 0.286. The number of aromatic amines is 1. The van der Waals surface area contributed by atoms with Crippen LogP contribution in [0.1, 0.15) is 19.5 Å². The molecule has 0 saturated carbocycles. The van der Waals surface area contributed by atoms with Crippen LogP contribution < -0.4 is 0 Å². The van der Waals surface area contributed by atoms with Crippen molar-refractivity contribution < 1.29 is 4.39 Å². The third-order valence-electron chi connectivity index (χ3n) is 3.26. The zero-order valence-electron chi connectivity index (χ0n) is 11.2. The van der Waals surface area contributed by atoms with Crippen molar-refractivity contribution in [2.45, 2.75) is 26.8 Å². The Hall–Kier alpha value is -1.69. The Kier molecular flexibility index (Phi) is 3.33. The molecule has 0 atom stereocenters. The average Bonchev–Trinajstić information content (AvgIpc) is 3.02. The molecule has 0 radical (unpaired) electrons. The second-order valence-electron chi connectivity index (χ2n) is 4.56. The minimum Gasteiger partial charge on any atom is -0.337 e. The molecular weight excluding hydrogens is 323 g/mol. The van der Waals surface area contributed by atoms with Crippen molar-refractivity contribution in [3.05, 3.63) is 34.2 Å². The number of H-pyrrole nitrogens is 1. The molecule has 0 spiro atoms. The van der Waals surface area contributed by atoms with Crippen molar-refractivity contribution in [3.63, 3.8) is 0 Å². The molecule has 20 heavy (non-hydrogen) atoms. The lowest BCUT2D eigenvalue weighted by Crippen LogP contribution is -2.00. The number of rotatable bonds is 3. The number of nitrogens with one attached hydrogen (secondary N) is 1. The van der Waals surface area contributed by atoms with Crippen LogP contribution in [0.25, 0.3) is 22.6 Å². The lowest BCUT2D eigenvalue weighted by Gasteiger charge is -2.00. The van der Waals surface area contributed by atoms with Gasteiger partial charge in [0, 0.05) is 12.6 Å². The fourth-order valence-electron chi connectivity index (χ4n) is 2.20. The van der Waals surface area contributed by atoms with E-state index in [-0.39, 0.29) is 5.82 Å². The Morgan fingerprint density at radius 3 is 2.80 bits per heavy atom. The third-order valence-corrected chi connectivity index (χ3v) is 3.87. The molecule has 2 aromatic heterocycles. The van der Waals surface area contributed by atoms with Gasteiger partial charge in [0.05, 0.1) is 21.2 Å². The number of aromatic nitrogens is 4. The van der Waals surface area contributed by atoms with E-state index in [1.54, 1.807) is 6.07 Å². The van der Waals surface area contributed by atoms with Gasteiger partial charge in [0.15, 0.2) is 5.82 Å². The van der Waals surface area contributed by atoms with E-state index in [1.165, 1.54) is 6.07 Å². The quantitative estimate of drug-likeness (QED) is 0.788. The van der Waals surface area contributed by atoms with Gasteiger partial charge in [-0.1, -0.05) is 6.92 Å². The summed E-state index contributed by atoms with van der Waals surface area (Å²) in [4.78, 5) is 7.69. The summed E-state index contributed by atoms with van der Waals surface area (Å²) in [5.41, 5.74) is 3.37. The summed E-state index contributed by atoms with van der Waals surface area (Å²) in [5, 5.41) is 4.50. The van der Waals surface area contributed by atoms with Crippen LogP contribution in [0.2, 0.25) is 0 Å². The van der Waals surface area contributed by atoms with Crippen molar-refractivity contribution in [1.82, 2.24) is 19.7 Å². The Labute approximate surface area is 124 Å². The standard InChI is InChI=1S/C14H14BrFN4/c1-3-8-5-13(20(4-2)19-8)14-17-11-6-9(15)10(16)7-12(11)18-14/h5-7H,3-4H2,1-2H3,(H,17,18). The van der Waals surface area contributed by atoms with Crippen LogP contribution >= 0.6 is 15.9 Å². The highest BCUT2D eigenvalue weighted by Crippen LogP contribution is 2.26. The molecule has 0 aliphatic heterocycles. The summed E-state index contributed by atoms with van der Waals surface area (Å²) in [6, 6.07) is 5.15. The van der Waals surface area contributed by atoms with Crippen molar-refractivity contribution in [1.29, 1.82) is 0 Å². The van der Waals surface area contributed by atoms with Crippen LogP contribution in [0.15, 0.2) is 22.7 Å². The first kappa shape index (κ1) is 13.3. The normalized spacial score (nSPS) is 11.4. The van der Waals surface area contributed by atoms with E-state index in [0.717, 1.165) is 29.9 Å². The van der Waals surface area contributed by atoms with Gasteiger partial charge in [-0.05, 0) is 41.4 Å². The van der Waals surface area contributed by atoms with E-state index in [9.17, 15) is 4.39 Å².